The third-order valence-electron chi connectivity index (χ3n) is 6.01. The van der Waals surface area contributed by atoms with Gasteiger partial charge in [0.25, 0.3) is 0 Å². The molecule has 0 bridgehead atoms. The Morgan fingerprint density at radius 2 is 1.97 bits per heavy atom. The van der Waals surface area contributed by atoms with Crippen LogP contribution < -0.4 is 0 Å². The van der Waals surface area contributed by atoms with Crippen molar-refractivity contribution in [2.75, 3.05) is 6.61 Å². The molecule has 1 heterocycles. The molecule has 1 fully saturated rings. The van der Waals surface area contributed by atoms with E-state index >= 15 is 0 Å². The van der Waals surface area contributed by atoms with E-state index in [1.165, 1.54) is 24.5 Å². The molecule has 0 amide bonds. The summed E-state index contributed by atoms with van der Waals surface area (Å²) in [6.45, 7) is 3.39. The van der Waals surface area contributed by atoms with E-state index in [0.29, 0.717) is 11.1 Å². The summed E-state index contributed by atoms with van der Waals surface area (Å²) < 4.78 is 11.0. The standard InChI is InChI=1S/C24H30O8/c1-14(2)9-21(29)32-23-22-19(16(12-25)13-31-23)10-20(28)24(22,30)11-18(27)8-5-15-3-6-17(26)7-4-15/h3-8,13-14,19-20,22-23,25-26,28,30H,9-12H2,1-2H3/b8-5+/t19-,20+,22-,23+,24-/m1/s1. The lowest BCUT2D eigenvalue weighted by Gasteiger charge is -2.40. The first kappa shape index (κ1) is 24.0. The Morgan fingerprint density at radius 1 is 1.28 bits per heavy atom. The molecule has 1 aliphatic heterocycles. The van der Waals surface area contributed by atoms with Gasteiger partial charge in [-0.15, -0.1) is 0 Å². The average Bonchev–Trinajstić information content (AvgIpc) is 2.98. The van der Waals surface area contributed by atoms with Crippen LogP contribution in [-0.2, 0) is 19.1 Å². The van der Waals surface area contributed by atoms with Crippen molar-refractivity contribution in [2.45, 2.75) is 51.1 Å². The van der Waals surface area contributed by atoms with Crippen molar-refractivity contribution in [1.29, 1.82) is 0 Å². The highest BCUT2D eigenvalue weighted by Crippen LogP contribution is 2.50. The van der Waals surface area contributed by atoms with Crippen LogP contribution >= 0.6 is 0 Å². The molecule has 0 spiro atoms. The Balaban J connectivity index is 1.80. The van der Waals surface area contributed by atoms with Gasteiger partial charge in [0.05, 0.1) is 24.9 Å². The number of ether oxygens (including phenoxy) is 2. The zero-order valence-corrected chi connectivity index (χ0v) is 18.2. The number of phenols is 1. The van der Waals surface area contributed by atoms with E-state index in [-0.39, 0.29) is 31.1 Å². The molecule has 8 heteroatoms. The number of fused-ring (bicyclic) bond motifs is 1. The lowest BCUT2D eigenvalue weighted by Crippen LogP contribution is -2.52. The number of rotatable bonds is 8. The minimum atomic E-state index is -1.90. The molecule has 1 aromatic carbocycles. The number of esters is 1. The molecule has 1 saturated carbocycles. The van der Waals surface area contributed by atoms with Gasteiger partial charge in [-0.3, -0.25) is 9.59 Å². The molecule has 0 aromatic heterocycles. The molecule has 32 heavy (non-hydrogen) atoms. The summed E-state index contributed by atoms with van der Waals surface area (Å²) in [5, 5.41) is 41.1. The number of aromatic hydroxyl groups is 1. The number of benzene rings is 1. The lowest BCUT2D eigenvalue weighted by molar-refractivity contribution is -0.212. The monoisotopic (exact) mass is 446 g/mol. The van der Waals surface area contributed by atoms with Gasteiger partial charge in [-0.05, 0) is 41.7 Å². The maximum absolute atomic E-state index is 12.7. The normalized spacial score (nSPS) is 29.5. The van der Waals surface area contributed by atoms with Gasteiger partial charge in [0, 0.05) is 18.8 Å². The molecule has 0 unspecified atom stereocenters. The first-order valence-corrected chi connectivity index (χ1v) is 10.7. The first-order chi connectivity index (χ1) is 15.1. The first-order valence-electron chi connectivity index (χ1n) is 10.7. The van der Waals surface area contributed by atoms with Gasteiger partial charge in [-0.25, -0.2) is 0 Å². The lowest BCUT2D eigenvalue weighted by atomic mass is 9.77. The Bertz CT molecular complexity index is 888. The molecular weight excluding hydrogens is 416 g/mol. The highest BCUT2D eigenvalue weighted by molar-refractivity contribution is 5.94. The summed E-state index contributed by atoms with van der Waals surface area (Å²) in [4.78, 5) is 24.9. The Kier molecular flexibility index (Phi) is 7.38. The smallest absolute Gasteiger partial charge is 0.309 e. The summed E-state index contributed by atoms with van der Waals surface area (Å²) >= 11 is 0. The number of hydrogen-bond acceptors (Lipinski definition) is 8. The highest BCUT2D eigenvalue weighted by atomic mass is 16.7. The number of aliphatic hydroxyl groups is 3. The predicted molar refractivity (Wildman–Crippen MR) is 115 cm³/mol. The minimum Gasteiger partial charge on any atom is -0.508 e. The van der Waals surface area contributed by atoms with Crippen molar-refractivity contribution in [3.8, 4) is 5.75 Å². The Labute approximate surface area is 186 Å². The van der Waals surface area contributed by atoms with Gasteiger partial charge in [-0.1, -0.05) is 32.1 Å². The molecule has 4 N–H and O–H groups in total. The van der Waals surface area contributed by atoms with E-state index in [4.69, 9.17) is 9.47 Å². The van der Waals surface area contributed by atoms with Gasteiger partial charge in [0.15, 0.2) is 5.78 Å². The van der Waals surface area contributed by atoms with Crippen LogP contribution in [0.25, 0.3) is 6.08 Å². The van der Waals surface area contributed by atoms with E-state index < -0.39 is 48.0 Å². The number of hydrogen-bond donors (Lipinski definition) is 4. The second kappa shape index (κ2) is 9.85. The van der Waals surface area contributed by atoms with Gasteiger partial charge < -0.3 is 29.9 Å². The van der Waals surface area contributed by atoms with Crippen LogP contribution in [0.1, 0.15) is 38.7 Å². The minimum absolute atomic E-state index is 0.0603. The molecule has 174 valence electrons. The second-order valence-electron chi connectivity index (χ2n) is 8.89. The van der Waals surface area contributed by atoms with E-state index in [1.807, 2.05) is 13.8 Å². The number of phenolic OH excluding ortho intramolecular Hbond substituents is 1. The zero-order valence-electron chi connectivity index (χ0n) is 18.2. The maximum atomic E-state index is 12.7. The summed E-state index contributed by atoms with van der Waals surface area (Å²) in [6, 6.07) is 6.24. The third kappa shape index (κ3) is 5.20. The van der Waals surface area contributed by atoms with Crippen LogP contribution in [0.3, 0.4) is 0 Å². The van der Waals surface area contributed by atoms with E-state index in [1.54, 1.807) is 18.2 Å². The number of allylic oxidation sites excluding steroid dienone is 1. The van der Waals surface area contributed by atoms with Gasteiger partial charge in [-0.2, -0.15) is 0 Å². The summed E-state index contributed by atoms with van der Waals surface area (Å²) in [5.74, 6) is -2.19. The van der Waals surface area contributed by atoms with Gasteiger partial charge in [0.2, 0.25) is 6.29 Å². The highest BCUT2D eigenvalue weighted by Gasteiger charge is 2.61. The zero-order chi connectivity index (χ0) is 23.5. The second-order valence-corrected chi connectivity index (χ2v) is 8.89. The molecule has 3 rings (SSSR count). The number of carbonyl (C=O) groups excluding carboxylic acids is 2. The van der Waals surface area contributed by atoms with Crippen LogP contribution in [0.4, 0.5) is 0 Å². The number of carbonyl (C=O) groups is 2. The van der Waals surface area contributed by atoms with Gasteiger partial charge >= 0.3 is 5.97 Å². The summed E-state index contributed by atoms with van der Waals surface area (Å²) in [5.41, 5.74) is -0.758. The molecule has 1 aromatic rings. The molecule has 2 aliphatic rings. The maximum Gasteiger partial charge on any atom is 0.309 e. The fraction of sp³-hybridized carbons (Fsp3) is 0.500. The van der Waals surface area contributed by atoms with Crippen molar-refractivity contribution < 1.29 is 39.5 Å². The average molecular weight is 446 g/mol. The van der Waals surface area contributed by atoms with Crippen LogP contribution in [0.5, 0.6) is 5.75 Å². The van der Waals surface area contributed by atoms with Crippen LogP contribution in [0, 0.1) is 17.8 Å². The van der Waals surface area contributed by atoms with E-state index in [9.17, 15) is 30.0 Å². The van der Waals surface area contributed by atoms with Crippen molar-refractivity contribution in [1.82, 2.24) is 0 Å². The van der Waals surface area contributed by atoms with Crippen LogP contribution in [0.2, 0.25) is 0 Å². The van der Waals surface area contributed by atoms with E-state index in [0.717, 1.165) is 0 Å². The van der Waals surface area contributed by atoms with Crippen molar-refractivity contribution >= 4 is 17.8 Å². The number of ketones is 1. The summed E-state index contributed by atoms with van der Waals surface area (Å²) in [7, 11) is 0. The summed E-state index contributed by atoms with van der Waals surface area (Å²) in [6.07, 6.45) is 1.53. The molecule has 0 radical (unpaired) electrons. The van der Waals surface area contributed by atoms with Gasteiger partial charge in [0.1, 0.15) is 11.4 Å². The fourth-order valence-electron chi connectivity index (χ4n) is 4.41. The van der Waals surface area contributed by atoms with Crippen molar-refractivity contribution in [2.24, 2.45) is 17.8 Å². The topological polar surface area (TPSA) is 134 Å². The SMILES string of the molecule is CC(C)CC(=O)O[C@@H]1OC=C(CO)[C@H]2C[C@H](O)[C@](O)(CC(=O)/C=C/c3ccc(O)cc3)[C@@H]12. The molecule has 8 nitrogen and oxygen atoms in total. The fourth-order valence-corrected chi connectivity index (χ4v) is 4.41. The predicted octanol–water partition coefficient (Wildman–Crippen LogP) is 1.91. The Hall–Kier alpha value is -2.68. The van der Waals surface area contributed by atoms with Crippen molar-refractivity contribution in [3.63, 3.8) is 0 Å². The third-order valence-corrected chi connectivity index (χ3v) is 6.01. The molecular formula is C24H30O8. The number of aliphatic hydroxyl groups excluding tert-OH is 2. The molecule has 5 atom stereocenters. The molecule has 1 aliphatic carbocycles. The quantitative estimate of drug-likeness (QED) is 0.352. The largest absolute Gasteiger partial charge is 0.508 e. The van der Waals surface area contributed by atoms with Crippen LogP contribution in [-0.4, -0.2) is 56.8 Å². The van der Waals surface area contributed by atoms with Crippen molar-refractivity contribution in [3.05, 3.63) is 47.7 Å². The van der Waals surface area contributed by atoms with Crippen LogP contribution in [0.15, 0.2) is 42.2 Å². The molecule has 0 saturated heterocycles. The Morgan fingerprint density at radius 3 is 2.59 bits per heavy atom. The van der Waals surface area contributed by atoms with E-state index in [2.05, 4.69) is 0 Å².